The SMILES string of the molecule is Cc1cc(C)c(S(=O)(=O)NC(CSc2cccc(Br)c2)C(F)(F)F)c(C)c1. The molecule has 1 N–H and O–H groups in total. The molecule has 2 aromatic carbocycles. The molecule has 0 aromatic heterocycles. The first kappa shape index (κ1) is 22.3. The number of alkyl halides is 3. The highest BCUT2D eigenvalue weighted by atomic mass is 79.9. The molecule has 0 heterocycles. The van der Waals surface area contributed by atoms with Gasteiger partial charge in [0.15, 0.2) is 0 Å². The summed E-state index contributed by atoms with van der Waals surface area (Å²) in [7, 11) is -4.33. The van der Waals surface area contributed by atoms with Gasteiger partial charge in [-0.15, -0.1) is 11.8 Å². The van der Waals surface area contributed by atoms with Gasteiger partial charge in [0.2, 0.25) is 10.0 Å². The van der Waals surface area contributed by atoms with Gasteiger partial charge in [0.05, 0.1) is 4.90 Å². The largest absolute Gasteiger partial charge is 0.405 e. The fourth-order valence-electron chi connectivity index (χ4n) is 2.77. The van der Waals surface area contributed by atoms with E-state index in [-0.39, 0.29) is 4.90 Å². The molecular weight excluding hydrogens is 463 g/mol. The molecule has 3 nitrogen and oxygen atoms in total. The summed E-state index contributed by atoms with van der Waals surface area (Å²) in [6.45, 7) is 4.96. The van der Waals surface area contributed by atoms with Gasteiger partial charge in [-0.2, -0.15) is 17.9 Å². The highest BCUT2D eigenvalue weighted by molar-refractivity contribution is 9.10. The highest BCUT2D eigenvalue weighted by Crippen LogP contribution is 2.30. The van der Waals surface area contributed by atoms with Gasteiger partial charge in [-0.1, -0.05) is 39.7 Å². The van der Waals surface area contributed by atoms with Gasteiger partial charge in [0, 0.05) is 15.1 Å². The molecule has 9 heteroatoms. The van der Waals surface area contributed by atoms with Crippen molar-refractivity contribution in [3.05, 3.63) is 57.6 Å². The zero-order chi connectivity index (χ0) is 20.4. The van der Waals surface area contributed by atoms with Crippen LogP contribution in [0, 0.1) is 20.8 Å². The smallest absolute Gasteiger partial charge is 0.207 e. The summed E-state index contributed by atoms with van der Waals surface area (Å²) in [5.41, 5.74) is 1.68. The van der Waals surface area contributed by atoms with Crippen molar-refractivity contribution in [2.24, 2.45) is 0 Å². The highest BCUT2D eigenvalue weighted by Gasteiger charge is 2.42. The standard InChI is InChI=1S/C18H19BrF3NO2S2/c1-11-7-12(2)17(13(3)8-11)27(24,25)23-16(18(20,21)22)10-26-15-6-4-5-14(19)9-15/h4-9,16,23H,10H2,1-3H3. The Labute approximate surface area is 169 Å². The van der Waals surface area contributed by atoms with E-state index in [2.05, 4.69) is 15.9 Å². The third kappa shape index (κ3) is 5.97. The van der Waals surface area contributed by atoms with Gasteiger partial charge in [0.25, 0.3) is 0 Å². The van der Waals surface area contributed by atoms with Gasteiger partial charge < -0.3 is 0 Å². The van der Waals surface area contributed by atoms with Crippen LogP contribution in [0.5, 0.6) is 0 Å². The van der Waals surface area contributed by atoms with Crippen molar-refractivity contribution in [1.29, 1.82) is 0 Å². The number of hydrogen-bond donors (Lipinski definition) is 1. The molecule has 0 bridgehead atoms. The normalized spacial score (nSPS) is 13.6. The molecule has 148 valence electrons. The summed E-state index contributed by atoms with van der Waals surface area (Å²) in [5.74, 6) is -0.469. The molecule has 0 radical (unpaired) electrons. The number of aryl methyl sites for hydroxylation is 3. The molecule has 2 rings (SSSR count). The molecule has 0 spiro atoms. The minimum absolute atomic E-state index is 0.102. The van der Waals surface area contributed by atoms with Gasteiger partial charge in [-0.25, -0.2) is 8.42 Å². The van der Waals surface area contributed by atoms with Crippen molar-refractivity contribution >= 4 is 37.7 Å². The quantitative estimate of drug-likeness (QED) is 0.563. The van der Waals surface area contributed by atoms with E-state index in [1.54, 1.807) is 57.2 Å². The number of sulfonamides is 1. The van der Waals surface area contributed by atoms with Crippen LogP contribution in [0.3, 0.4) is 0 Å². The fourth-order valence-corrected chi connectivity index (χ4v) is 6.12. The van der Waals surface area contributed by atoms with Crippen molar-refractivity contribution in [3.8, 4) is 0 Å². The first-order valence-corrected chi connectivity index (χ1v) is 11.2. The van der Waals surface area contributed by atoms with Crippen molar-refractivity contribution in [3.63, 3.8) is 0 Å². The third-order valence-electron chi connectivity index (χ3n) is 3.78. The Kier molecular flexibility index (Phi) is 7.05. The molecule has 0 aliphatic heterocycles. The van der Waals surface area contributed by atoms with Gasteiger partial charge in [-0.3, -0.25) is 0 Å². The van der Waals surface area contributed by atoms with Crippen LogP contribution in [0.25, 0.3) is 0 Å². The van der Waals surface area contributed by atoms with Crippen LogP contribution in [0.4, 0.5) is 13.2 Å². The molecule has 2 aromatic rings. The Bertz CT molecular complexity index is 907. The molecule has 0 amide bonds. The Morgan fingerprint density at radius 2 is 1.70 bits per heavy atom. The summed E-state index contributed by atoms with van der Waals surface area (Å²) < 4.78 is 68.3. The van der Waals surface area contributed by atoms with Crippen molar-refractivity contribution < 1.29 is 21.6 Å². The molecule has 0 aliphatic carbocycles. The predicted molar refractivity (Wildman–Crippen MR) is 106 cm³/mol. The molecule has 1 atom stereocenters. The van der Waals surface area contributed by atoms with E-state index in [4.69, 9.17) is 0 Å². The average Bonchev–Trinajstić information content (AvgIpc) is 2.49. The van der Waals surface area contributed by atoms with Gasteiger partial charge >= 0.3 is 6.18 Å². The number of hydrogen-bond acceptors (Lipinski definition) is 3. The lowest BCUT2D eigenvalue weighted by atomic mass is 10.1. The van der Waals surface area contributed by atoms with E-state index in [1.165, 1.54) is 0 Å². The lowest BCUT2D eigenvalue weighted by Gasteiger charge is -2.22. The van der Waals surface area contributed by atoms with Crippen molar-refractivity contribution in [2.45, 2.75) is 42.8 Å². The lowest BCUT2D eigenvalue weighted by molar-refractivity contribution is -0.145. The Balaban J connectivity index is 2.28. The molecular formula is C18H19BrF3NO2S2. The summed E-state index contributed by atoms with van der Waals surface area (Å²) in [5, 5.41) is 0. The fraction of sp³-hybridized carbons (Fsp3) is 0.333. The second-order valence-corrected chi connectivity index (χ2v) is 9.87. The molecule has 0 aliphatic rings. The minimum Gasteiger partial charge on any atom is -0.207 e. The maximum absolute atomic E-state index is 13.5. The zero-order valence-corrected chi connectivity index (χ0v) is 18.1. The Morgan fingerprint density at radius 3 is 2.22 bits per heavy atom. The van der Waals surface area contributed by atoms with E-state index in [1.807, 2.05) is 4.72 Å². The molecule has 0 saturated heterocycles. The maximum Gasteiger partial charge on any atom is 0.405 e. The van der Waals surface area contributed by atoms with Crippen LogP contribution >= 0.6 is 27.7 Å². The maximum atomic E-state index is 13.5. The first-order chi connectivity index (χ1) is 12.4. The Morgan fingerprint density at radius 1 is 1.11 bits per heavy atom. The van der Waals surface area contributed by atoms with Crippen molar-refractivity contribution in [1.82, 2.24) is 4.72 Å². The van der Waals surface area contributed by atoms with Crippen LogP contribution in [-0.4, -0.2) is 26.4 Å². The van der Waals surface area contributed by atoms with Crippen LogP contribution in [0.2, 0.25) is 0 Å². The monoisotopic (exact) mass is 481 g/mol. The number of halogens is 4. The Hall–Kier alpha value is -1.03. The average molecular weight is 482 g/mol. The number of nitrogens with one attached hydrogen (secondary N) is 1. The van der Waals surface area contributed by atoms with E-state index < -0.39 is 28.0 Å². The first-order valence-electron chi connectivity index (χ1n) is 7.95. The molecule has 0 saturated carbocycles. The second-order valence-electron chi connectivity index (χ2n) is 6.21. The van der Waals surface area contributed by atoms with Crippen LogP contribution in [-0.2, 0) is 10.0 Å². The number of benzene rings is 2. The third-order valence-corrected chi connectivity index (χ3v) is 7.14. The minimum atomic E-state index is -4.71. The van der Waals surface area contributed by atoms with Gasteiger partial charge in [0.1, 0.15) is 6.04 Å². The van der Waals surface area contributed by atoms with Gasteiger partial charge in [-0.05, 0) is 50.1 Å². The topological polar surface area (TPSA) is 46.2 Å². The van der Waals surface area contributed by atoms with Crippen LogP contribution < -0.4 is 4.72 Å². The zero-order valence-electron chi connectivity index (χ0n) is 14.9. The number of rotatable bonds is 6. The van der Waals surface area contributed by atoms with E-state index in [9.17, 15) is 21.6 Å². The lowest BCUT2D eigenvalue weighted by Crippen LogP contribution is -2.47. The summed E-state index contributed by atoms with van der Waals surface area (Å²) in [6, 6.07) is 7.90. The van der Waals surface area contributed by atoms with Crippen LogP contribution in [0.1, 0.15) is 16.7 Å². The van der Waals surface area contributed by atoms with E-state index in [0.717, 1.165) is 21.8 Å². The second kappa shape index (κ2) is 8.55. The van der Waals surface area contributed by atoms with E-state index in [0.29, 0.717) is 16.0 Å². The van der Waals surface area contributed by atoms with Crippen molar-refractivity contribution in [2.75, 3.05) is 5.75 Å². The molecule has 1 unspecified atom stereocenters. The molecule has 27 heavy (non-hydrogen) atoms. The summed E-state index contributed by atoms with van der Waals surface area (Å²) in [6.07, 6.45) is -4.71. The summed E-state index contributed by atoms with van der Waals surface area (Å²) in [4.78, 5) is 0.510. The molecule has 0 fully saturated rings. The summed E-state index contributed by atoms with van der Waals surface area (Å²) >= 11 is 4.20. The number of thioether (sulfide) groups is 1. The van der Waals surface area contributed by atoms with E-state index >= 15 is 0 Å². The predicted octanol–water partition coefficient (Wildman–Crippen LogP) is 5.38. The van der Waals surface area contributed by atoms with Crippen LogP contribution in [0.15, 0.2) is 50.7 Å².